The van der Waals surface area contributed by atoms with Crippen molar-refractivity contribution in [3.63, 3.8) is 0 Å². The van der Waals surface area contributed by atoms with Crippen LogP contribution in [-0.4, -0.2) is 52.4 Å². The number of nitrogens with one attached hydrogen (secondary N) is 1. The third-order valence-electron chi connectivity index (χ3n) is 3.67. The smallest absolute Gasteiger partial charge is 0.325 e. The fraction of sp³-hybridized carbons (Fsp3) is 0.471. The largest absolute Gasteiger partial charge is 0.508 e. The number of imide groups is 1. The molecule has 2 rings (SSSR count). The highest BCUT2D eigenvalue weighted by molar-refractivity contribution is 6.38. The summed E-state index contributed by atoms with van der Waals surface area (Å²) in [6.07, 6.45) is 0. The van der Waals surface area contributed by atoms with Crippen LogP contribution in [0, 0.1) is 0 Å². The first-order valence-electron chi connectivity index (χ1n) is 8.14. The van der Waals surface area contributed by atoms with Gasteiger partial charge in [0.2, 0.25) is 0 Å². The lowest BCUT2D eigenvalue weighted by molar-refractivity contribution is -0.153. The van der Waals surface area contributed by atoms with E-state index in [9.17, 15) is 19.5 Å². The summed E-state index contributed by atoms with van der Waals surface area (Å²) in [6, 6.07) is 5.47. The normalized spacial score (nSPS) is 15.5. The molecule has 4 amide bonds. The van der Waals surface area contributed by atoms with Crippen molar-refractivity contribution in [1.82, 2.24) is 15.1 Å². The predicted molar refractivity (Wildman–Crippen MR) is 90.4 cm³/mol. The van der Waals surface area contributed by atoms with Gasteiger partial charge in [0, 0.05) is 19.6 Å². The van der Waals surface area contributed by atoms with Gasteiger partial charge in [-0.3, -0.25) is 14.5 Å². The summed E-state index contributed by atoms with van der Waals surface area (Å²) in [7, 11) is 0. The van der Waals surface area contributed by atoms with Crippen LogP contribution in [0.25, 0.3) is 0 Å². The quantitative estimate of drug-likeness (QED) is 0.825. The topological polar surface area (TPSA) is 89.9 Å². The number of benzene rings is 1. The van der Waals surface area contributed by atoms with Gasteiger partial charge in [0.25, 0.3) is 0 Å². The zero-order valence-corrected chi connectivity index (χ0v) is 14.6. The molecule has 0 saturated carbocycles. The van der Waals surface area contributed by atoms with Crippen molar-refractivity contribution in [3.05, 3.63) is 29.8 Å². The van der Waals surface area contributed by atoms with Crippen molar-refractivity contribution < 1.29 is 19.5 Å². The number of rotatable bonds is 3. The molecular weight excluding hydrogens is 310 g/mol. The molecule has 1 saturated heterocycles. The second-order valence-electron chi connectivity index (χ2n) is 5.10. The molecule has 132 valence electrons. The molecule has 1 fully saturated rings. The summed E-state index contributed by atoms with van der Waals surface area (Å²) in [4.78, 5) is 38.3. The van der Waals surface area contributed by atoms with Gasteiger partial charge in [0.05, 0.1) is 6.04 Å². The van der Waals surface area contributed by atoms with Gasteiger partial charge in [0.1, 0.15) is 5.75 Å². The highest BCUT2D eigenvalue weighted by Gasteiger charge is 2.35. The van der Waals surface area contributed by atoms with E-state index in [1.165, 1.54) is 17.0 Å². The Labute approximate surface area is 142 Å². The second kappa shape index (κ2) is 8.90. The standard InChI is InChI=1S/C15H19N3O4.C2H6/c1-3-17-8-9-18(14(21)13(17)20)15(22)16-10(2)11-4-6-12(19)7-5-11;1-2/h4-7,10,19H,3,8-9H2,1-2H3,(H,16,22);1-2H3. The number of phenolic OH excluding ortho intramolecular Hbond substituents is 1. The maximum Gasteiger partial charge on any atom is 0.325 e. The van der Waals surface area contributed by atoms with Crippen LogP contribution in [0.1, 0.15) is 39.3 Å². The van der Waals surface area contributed by atoms with Crippen LogP contribution in [0.5, 0.6) is 5.75 Å². The Bertz CT molecular complexity index is 586. The summed E-state index contributed by atoms with van der Waals surface area (Å²) < 4.78 is 0. The van der Waals surface area contributed by atoms with Crippen LogP contribution in [0.4, 0.5) is 4.79 Å². The average Bonchev–Trinajstić information content (AvgIpc) is 2.59. The minimum atomic E-state index is -0.802. The van der Waals surface area contributed by atoms with E-state index in [-0.39, 0.29) is 18.3 Å². The lowest BCUT2D eigenvalue weighted by atomic mass is 10.1. The molecule has 7 heteroatoms. The van der Waals surface area contributed by atoms with E-state index < -0.39 is 17.8 Å². The summed E-state index contributed by atoms with van der Waals surface area (Å²) in [5, 5.41) is 11.9. The number of urea groups is 1. The number of carbonyl (C=O) groups excluding carboxylic acids is 3. The van der Waals surface area contributed by atoms with Crippen molar-refractivity contribution in [2.75, 3.05) is 19.6 Å². The Morgan fingerprint density at radius 3 is 2.29 bits per heavy atom. The van der Waals surface area contributed by atoms with Gasteiger partial charge >= 0.3 is 17.8 Å². The molecule has 0 bridgehead atoms. The molecular formula is C17H25N3O4. The first-order chi connectivity index (χ1) is 11.4. The third kappa shape index (κ3) is 4.47. The highest BCUT2D eigenvalue weighted by atomic mass is 16.3. The zero-order chi connectivity index (χ0) is 18.3. The number of aromatic hydroxyl groups is 1. The van der Waals surface area contributed by atoms with E-state index in [0.717, 1.165) is 10.5 Å². The SMILES string of the molecule is CC.CCN1CCN(C(=O)NC(C)c2ccc(O)cc2)C(=O)C1=O. The predicted octanol–water partition coefficient (Wildman–Crippen LogP) is 1.88. The molecule has 0 aliphatic carbocycles. The van der Waals surface area contributed by atoms with Gasteiger partial charge < -0.3 is 15.3 Å². The summed E-state index contributed by atoms with van der Waals surface area (Å²) >= 11 is 0. The van der Waals surface area contributed by atoms with Gasteiger partial charge in [-0.05, 0) is 31.5 Å². The number of hydrogen-bond acceptors (Lipinski definition) is 4. The van der Waals surface area contributed by atoms with Crippen LogP contribution >= 0.6 is 0 Å². The van der Waals surface area contributed by atoms with Crippen molar-refractivity contribution in [2.45, 2.75) is 33.7 Å². The van der Waals surface area contributed by atoms with Gasteiger partial charge in [-0.2, -0.15) is 0 Å². The Hall–Kier alpha value is -2.57. The maximum atomic E-state index is 12.2. The van der Waals surface area contributed by atoms with E-state index in [1.807, 2.05) is 13.8 Å². The summed E-state index contributed by atoms with van der Waals surface area (Å²) in [5.74, 6) is -1.32. The Morgan fingerprint density at radius 2 is 1.75 bits per heavy atom. The number of phenols is 1. The number of amides is 4. The van der Waals surface area contributed by atoms with Crippen molar-refractivity contribution >= 4 is 17.8 Å². The number of nitrogens with zero attached hydrogens (tertiary/aromatic N) is 2. The molecule has 2 N–H and O–H groups in total. The fourth-order valence-corrected chi connectivity index (χ4v) is 2.28. The third-order valence-corrected chi connectivity index (χ3v) is 3.67. The van der Waals surface area contributed by atoms with E-state index >= 15 is 0 Å². The first kappa shape index (κ1) is 19.5. The van der Waals surface area contributed by atoms with Crippen LogP contribution in [0.15, 0.2) is 24.3 Å². The van der Waals surface area contributed by atoms with Crippen LogP contribution in [0.2, 0.25) is 0 Å². The van der Waals surface area contributed by atoms with E-state index in [4.69, 9.17) is 0 Å². The molecule has 1 atom stereocenters. The van der Waals surface area contributed by atoms with Crippen molar-refractivity contribution in [2.24, 2.45) is 0 Å². The fourth-order valence-electron chi connectivity index (χ4n) is 2.28. The van der Waals surface area contributed by atoms with E-state index in [0.29, 0.717) is 13.1 Å². The zero-order valence-electron chi connectivity index (χ0n) is 14.6. The molecule has 0 spiro atoms. The molecule has 1 aliphatic rings. The average molecular weight is 335 g/mol. The number of carbonyl (C=O) groups is 3. The molecule has 7 nitrogen and oxygen atoms in total. The molecule has 0 radical (unpaired) electrons. The first-order valence-corrected chi connectivity index (χ1v) is 8.14. The number of piperazine rings is 1. The minimum absolute atomic E-state index is 0.138. The second-order valence-corrected chi connectivity index (χ2v) is 5.10. The molecule has 1 unspecified atom stereocenters. The van der Waals surface area contributed by atoms with Gasteiger partial charge in [-0.25, -0.2) is 4.79 Å². The Balaban J connectivity index is 0.00000139. The Kier molecular flexibility index (Phi) is 7.23. The van der Waals surface area contributed by atoms with E-state index in [1.54, 1.807) is 26.0 Å². The molecule has 1 aliphatic heterocycles. The van der Waals surface area contributed by atoms with Gasteiger partial charge in [-0.1, -0.05) is 26.0 Å². The molecule has 1 heterocycles. The molecule has 24 heavy (non-hydrogen) atoms. The van der Waals surface area contributed by atoms with E-state index in [2.05, 4.69) is 5.32 Å². The number of likely N-dealkylation sites (N-methyl/N-ethyl adjacent to an activating group) is 1. The van der Waals surface area contributed by atoms with Crippen molar-refractivity contribution in [3.8, 4) is 5.75 Å². The van der Waals surface area contributed by atoms with Gasteiger partial charge in [0.15, 0.2) is 0 Å². The highest BCUT2D eigenvalue weighted by Crippen LogP contribution is 2.17. The lowest BCUT2D eigenvalue weighted by Gasteiger charge is -2.32. The maximum absolute atomic E-state index is 12.2. The summed E-state index contributed by atoms with van der Waals surface area (Å²) in [5.41, 5.74) is 0.789. The summed E-state index contributed by atoms with van der Waals surface area (Å²) in [6.45, 7) is 8.53. The minimum Gasteiger partial charge on any atom is -0.508 e. The lowest BCUT2D eigenvalue weighted by Crippen LogP contribution is -2.58. The van der Waals surface area contributed by atoms with Crippen LogP contribution in [0.3, 0.4) is 0 Å². The Morgan fingerprint density at radius 1 is 1.17 bits per heavy atom. The molecule has 0 aromatic heterocycles. The molecule has 1 aromatic carbocycles. The van der Waals surface area contributed by atoms with Crippen LogP contribution < -0.4 is 5.32 Å². The number of hydrogen-bond donors (Lipinski definition) is 2. The van der Waals surface area contributed by atoms with Crippen LogP contribution in [-0.2, 0) is 9.59 Å². The van der Waals surface area contributed by atoms with Crippen molar-refractivity contribution in [1.29, 1.82) is 0 Å². The van der Waals surface area contributed by atoms with Gasteiger partial charge in [-0.15, -0.1) is 0 Å². The monoisotopic (exact) mass is 335 g/mol. The molecule has 1 aromatic rings.